The van der Waals surface area contributed by atoms with Crippen molar-refractivity contribution in [1.82, 2.24) is 10.2 Å². The minimum absolute atomic E-state index is 0.481. The first-order valence-electron chi connectivity index (χ1n) is 6.34. The molecule has 1 aliphatic heterocycles. The van der Waals surface area contributed by atoms with Crippen molar-refractivity contribution < 1.29 is 4.74 Å². The number of likely N-dealkylation sites (N-methyl/N-ethyl adjacent to an activating group) is 2. The second kappa shape index (κ2) is 7.20. The maximum absolute atomic E-state index is 5.68. The number of rotatable bonds is 7. The Balaban J connectivity index is 2.26. The summed E-state index contributed by atoms with van der Waals surface area (Å²) in [7, 11) is 0. The molecule has 1 aliphatic rings. The van der Waals surface area contributed by atoms with E-state index in [9.17, 15) is 0 Å². The van der Waals surface area contributed by atoms with E-state index < -0.39 is 0 Å². The molecular formula is C12H26N2O. The number of nitrogens with one attached hydrogen (secondary N) is 1. The van der Waals surface area contributed by atoms with Crippen LogP contribution in [0.5, 0.6) is 0 Å². The van der Waals surface area contributed by atoms with E-state index in [0.717, 1.165) is 32.8 Å². The van der Waals surface area contributed by atoms with Crippen LogP contribution in [0.1, 0.15) is 33.6 Å². The predicted molar refractivity (Wildman–Crippen MR) is 64.2 cm³/mol. The van der Waals surface area contributed by atoms with E-state index in [1.165, 1.54) is 12.8 Å². The van der Waals surface area contributed by atoms with Crippen molar-refractivity contribution in [3.05, 3.63) is 0 Å². The van der Waals surface area contributed by atoms with Crippen LogP contribution in [0.25, 0.3) is 0 Å². The second-order valence-electron chi connectivity index (χ2n) is 4.38. The summed E-state index contributed by atoms with van der Waals surface area (Å²) in [6, 6.07) is 0.610. The summed E-state index contributed by atoms with van der Waals surface area (Å²) in [4.78, 5) is 2.51. The van der Waals surface area contributed by atoms with Crippen molar-refractivity contribution in [3.63, 3.8) is 0 Å². The molecule has 1 rings (SSSR count). The summed E-state index contributed by atoms with van der Waals surface area (Å²) in [5.74, 6) is 0. The Morgan fingerprint density at radius 3 is 2.80 bits per heavy atom. The van der Waals surface area contributed by atoms with Gasteiger partial charge in [0.2, 0.25) is 0 Å². The van der Waals surface area contributed by atoms with Gasteiger partial charge in [0.05, 0.1) is 6.10 Å². The molecule has 3 heteroatoms. The highest BCUT2D eigenvalue weighted by atomic mass is 16.5. The third kappa shape index (κ3) is 4.49. The lowest BCUT2D eigenvalue weighted by Gasteiger charge is -2.30. The highest BCUT2D eigenvalue weighted by molar-refractivity contribution is 4.75. The molecule has 0 aromatic heterocycles. The van der Waals surface area contributed by atoms with Crippen molar-refractivity contribution in [2.45, 2.75) is 45.8 Å². The highest BCUT2D eigenvalue weighted by Crippen LogP contribution is 2.14. The second-order valence-corrected chi connectivity index (χ2v) is 4.38. The molecule has 0 radical (unpaired) electrons. The largest absolute Gasteiger partial charge is 0.377 e. The molecule has 0 bridgehead atoms. The van der Waals surface area contributed by atoms with Gasteiger partial charge in [0, 0.05) is 25.7 Å². The average molecular weight is 214 g/mol. The van der Waals surface area contributed by atoms with Crippen LogP contribution >= 0.6 is 0 Å². The van der Waals surface area contributed by atoms with E-state index in [1.54, 1.807) is 0 Å². The zero-order chi connectivity index (χ0) is 11.1. The first-order valence-corrected chi connectivity index (χ1v) is 6.34. The Kier molecular flexibility index (Phi) is 6.22. The first-order chi connectivity index (χ1) is 7.27. The fourth-order valence-corrected chi connectivity index (χ4v) is 2.15. The minimum atomic E-state index is 0.481. The van der Waals surface area contributed by atoms with Gasteiger partial charge in [-0.15, -0.1) is 0 Å². The summed E-state index contributed by atoms with van der Waals surface area (Å²) < 4.78 is 5.68. The Bertz CT molecular complexity index is 158. The molecule has 90 valence electrons. The lowest BCUT2D eigenvalue weighted by atomic mass is 10.2. The van der Waals surface area contributed by atoms with Gasteiger partial charge in [0.15, 0.2) is 0 Å². The van der Waals surface area contributed by atoms with Crippen LogP contribution in [-0.2, 0) is 4.74 Å². The van der Waals surface area contributed by atoms with Crippen LogP contribution in [0.15, 0.2) is 0 Å². The quantitative estimate of drug-likeness (QED) is 0.695. The average Bonchev–Trinajstić information content (AvgIpc) is 2.75. The summed E-state index contributed by atoms with van der Waals surface area (Å²) in [6.07, 6.45) is 2.96. The summed E-state index contributed by atoms with van der Waals surface area (Å²) in [6.45, 7) is 12.0. The molecule has 0 aromatic carbocycles. The van der Waals surface area contributed by atoms with Gasteiger partial charge in [-0.05, 0) is 32.9 Å². The smallest absolute Gasteiger partial charge is 0.0702 e. The molecule has 2 unspecified atom stereocenters. The lowest BCUT2D eigenvalue weighted by Crippen LogP contribution is -2.43. The van der Waals surface area contributed by atoms with E-state index >= 15 is 0 Å². The molecule has 1 N–H and O–H groups in total. The maximum atomic E-state index is 5.68. The molecule has 0 spiro atoms. The molecule has 3 nitrogen and oxygen atoms in total. The summed E-state index contributed by atoms with van der Waals surface area (Å²) in [5.41, 5.74) is 0. The normalized spacial score (nSPS) is 23.6. The molecule has 15 heavy (non-hydrogen) atoms. The van der Waals surface area contributed by atoms with Crippen molar-refractivity contribution in [2.24, 2.45) is 0 Å². The van der Waals surface area contributed by atoms with E-state index in [-0.39, 0.29) is 0 Å². The van der Waals surface area contributed by atoms with E-state index in [4.69, 9.17) is 4.74 Å². The Morgan fingerprint density at radius 2 is 2.27 bits per heavy atom. The van der Waals surface area contributed by atoms with E-state index in [0.29, 0.717) is 12.1 Å². The molecular weight excluding hydrogens is 188 g/mol. The molecule has 1 saturated heterocycles. The standard InChI is InChI=1S/C12H26N2O/c1-4-13-9-11(3)14(5-2)10-12-7-6-8-15-12/h11-13H,4-10H2,1-3H3. The van der Waals surface area contributed by atoms with Gasteiger partial charge in [-0.3, -0.25) is 4.90 Å². The number of nitrogens with zero attached hydrogens (tertiary/aromatic N) is 1. The molecule has 0 amide bonds. The lowest BCUT2D eigenvalue weighted by molar-refractivity contribution is 0.0620. The third-order valence-electron chi connectivity index (χ3n) is 3.18. The monoisotopic (exact) mass is 214 g/mol. The fourth-order valence-electron chi connectivity index (χ4n) is 2.15. The van der Waals surface area contributed by atoms with Gasteiger partial charge < -0.3 is 10.1 Å². The van der Waals surface area contributed by atoms with E-state index in [1.807, 2.05) is 0 Å². The summed E-state index contributed by atoms with van der Waals surface area (Å²) in [5, 5.41) is 3.41. The van der Waals surface area contributed by atoms with Crippen LogP contribution in [0, 0.1) is 0 Å². The van der Waals surface area contributed by atoms with Crippen LogP contribution in [0.2, 0.25) is 0 Å². The van der Waals surface area contributed by atoms with Crippen molar-refractivity contribution in [2.75, 3.05) is 32.8 Å². The minimum Gasteiger partial charge on any atom is -0.377 e. The zero-order valence-electron chi connectivity index (χ0n) is 10.5. The maximum Gasteiger partial charge on any atom is 0.0702 e. The molecule has 1 heterocycles. The van der Waals surface area contributed by atoms with Crippen LogP contribution < -0.4 is 5.32 Å². The number of hydrogen-bond acceptors (Lipinski definition) is 3. The first kappa shape index (κ1) is 12.9. The molecule has 2 atom stereocenters. The third-order valence-corrected chi connectivity index (χ3v) is 3.18. The van der Waals surface area contributed by atoms with Gasteiger partial charge in [-0.1, -0.05) is 13.8 Å². The van der Waals surface area contributed by atoms with Crippen LogP contribution in [-0.4, -0.2) is 49.8 Å². The van der Waals surface area contributed by atoms with Crippen LogP contribution in [0.4, 0.5) is 0 Å². The van der Waals surface area contributed by atoms with E-state index in [2.05, 4.69) is 31.0 Å². The van der Waals surface area contributed by atoms with Gasteiger partial charge in [-0.25, -0.2) is 0 Å². The highest BCUT2D eigenvalue weighted by Gasteiger charge is 2.20. The Hall–Kier alpha value is -0.120. The van der Waals surface area contributed by atoms with Gasteiger partial charge >= 0.3 is 0 Å². The number of ether oxygens (including phenoxy) is 1. The Labute approximate surface area is 94.2 Å². The number of hydrogen-bond donors (Lipinski definition) is 1. The van der Waals surface area contributed by atoms with Crippen LogP contribution in [0.3, 0.4) is 0 Å². The van der Waals surface area contributed by atoms with Crippen molar-refractivity contribution in [1.29, 1.82) is 0 Å². The van der Waals surface area contributed by atoms with Gasteiger partial charge in [0.1, 0.15) is 0 Å². The summed E-state index contributed by atoms with van der Waals surface area (Å²) >= 11 is 0. The van der Waals surface area contributed by atoms with Gasteiger partial charge in [0.25, 0.3) is 0 Å². The zero-order valence-corrected chi connectivity index (χ0v) is 10.5. The molecule has 0 aliphatic carbocycles. The molecule has 0 saturated carbocycles. The SMILES string of the molecule is CCNCC(C)N(CC)CC1CCCO1. The van der Waals surface area contributed by atoms with Crippen molar-refractivity contribution in [3.8, 4) is 0 Å². The topological polar surface area (TPSA) is 24.5 Å². The molecule has 1 fully saturated rings. The Morgan fingerprint density at radius 1 is 1.47 bits per heavy atom. The van der Waals surface area contributed by atoms with Gasteiger partial charge in [-0.2, -0.15) is 0 Å². The predicted octanol–water partition coefficient (Wildman–Crippen LogP) is 1.49. The van der Waals surface area contributed by atoms with Crippen molar-refractivity contribution >= 4 is 0 Å². The molecule has 0 aromatic rings. The fraction of sp³-hybridized carbons (Fsp3) is 1.00.